The second kappa shape index (κ2) is 7.74. The molecule has 0 bridgehead atoms. The van der Waals surface area contributed by atoms with Gasteiger partial charge in [-0.15, -0.1) is 10.2 Å². The molecule has 29 heavy (non-hydrogen) atoms. The Morgan fingerprint density at radius 2 is 1.66 bits per heavy atom. The van der Waals surface area contributed by atoms with Crippen molar-refractivity contribution in [1.29, 1.82) is 0 Å². The number of anilines is 1. The summed E-state index contributed by atoms with van der Waals surface area (Å²) in [6, 6.07) is 15.9. The molecular weight excluding hydrogens is 394 g/mol. The molecule has 1 aromatic heterocycles. The van der Waals surface area contributed by atoms with Gasteiger partial charge in [-0.25, -0.2) is 13.9 Å². The van der Waals surface area contributed by atoms with E-state index in [1.54, 1.807) is 18.2 Å². The van der Waals surface area contributed by atoms with E-state index < -0.39 is 15.9 Å². The zero-order chi connectivity index (χ0) is 20.4. The molecule has 10 heteroatoms. The molecule has 3 aromatic rings. The van der Waals surface area contributed by atoms with Gasteiger partial charge in [-0.2, -0.15) is 4.31 Å². The minimum Gasteiger partial charge on any atom is -0.352 e. The molecule has 0 radical (unpaired) electrons. The molecule has 2 heterocycles. The van der Waals surface area contributed by atoms with Crippen LogP contribution in [0.2, 0.25) is 0 Å². The Morgan fingerprint density at radius 3 is 2.31 bits per heavy atom. The highest BCUT2D eigenvalue weighted by Gasteiger charge is 2.29. The van der Waals surface area contributed by atoms with Gasteiger partial charge in [-0.1, -0.05) is 30.3 Å². The molecule has 150 valence electrons. The molecule has 1 fully saturated rings. The molecular formula is C19H19N5O4S. The summed E-state index contributed by atoms with van der Waals surface area (Å²) in [4.78, 5) is 13.5. The van der Waals surface area contributed by atoms with Crippen molar-refractivity contribution in [3.05, 3.63) is 60.3 Å². The van der Waals surface area contributed by atoms with Crippen molar-refractivity contribution in [2.45, 2.75) is 4.90 Å². The summed E-state index contributed by atoms with van der Waals surface area (Å²) < 4.78 is 27.5. The number of hydroxylamine groups is 1. The van der Waals surface area contributed by atoms with Crippen molar-refractivity contribution in [2.24, 2.45) is 0 Å². The number of carbonyl (C=O) groups is 1. The number of hydrogen-bond donors (Lipinski definition) is 2. The van der Waals surface area contributed by atoms with Crippen molar-refractivity contribution in [1.82, 2.24) is 20.0 Å². The maximum atomic E-state index is 13.0. The molecule has 2 N–H and O–H groups in total. The smallest absolute Gasteiger partial charge is 0.295 e. The Balaban J connectivity index is 1.47. The summed E-state index contributed by atoms with van der Waals surface area (Å²) in [5.74, 6) is -0.197. The summed E-state index contributed by atoms with van der Waals surface area (Å²) in [5, 5.41) is 18.3. The number of aromatic nitrogens is 2. The van der Waals surface area contributed by atoms with E-state index in [2.05, 4.69) is 10.2 Å². The van der Waals surface area contributed by atoms with E-state index in [-0.39, 0.29) is 10.6 Å². The first kappa shape index (κ1) is 19.2. The van der Waals surface area contributed by atoms with Crippen molar-refractivity contribution in [2.75, 3.05) is 31.1 Å². The second-order valence-corrected chi connectivity index (χ2v) is 8.56. The largest absolute Gasteiger partial charge is 0.352 e. The number of fused-ring (bicyclic) bond motifs is 1. The molecule has 1 saturated heterocycles. The highest BCUT2D eigenvalue weighted by Crippen LogP contribution is 2.23. The van der Waals surface area contributed by atoms with Crippen LogP contribution < -0.4 is 10.4 Å². The van der Waals surface area contributed by atoms with E-state index >= 15 is 0 Å². The monoisotopic (exact) mass is 413 g/mol. The summed E-state index contributed by atoms with van der Waals surface area (Å²) >= 11 is 0. The van der Waals surface area contributed by atoms with Crippen molar-refractivity contribution in [3.8, 4) is 0 Å². The SMILES string of the molecule is O=C(NO)c1ccc(N2CCN(S(=O)(=O)c3ccc4ccccc4c3)CC2)nn1. The Labute approximate surface area is 167 Å². The first-order valence-corrected chi connectivity index (χ1v) is 10.4. The summed E-state index contributed by atoms with van der Waals surface area (Å²) in [7, 11) is -3.59. The predicted octanol–water partition coefficient (Wildman–Crippen LogP) is 1.26. The third kappa shape index (κ3) is 3.77. The third-order valence-corrected chi connectivity index (χ3v) is 6.80. The van der Waals surface area contributed by atoms with Crippen LogP contribution in [0.4, 0.5) is 5.82 Å². The van der Waals surface area contributed by atoms with Gasteiger partial charge >= 0.3 is 0 Å². The molecule has 0 atom stereocenters. The van der Waals surface area contributed by atoms with E-state index in [4.69, 9.17) is 5.21 Å². The van der Waals surface area contributed by atoms with Crippen LogP contribution in [0.15, 0.2) is 59.5 Å². The molecule has 0 spiro atoms. The predicted molar refractivity (Wildman–Crippen MR) is 106 cm³/mol. The number of rotatable bonds is 4. The van der Waals surface area contributed by atoms with Crippen LogP contribution in [0.25, 0.3) is 10.8 Å². The lowest BCUT2D eigenvalue weighted by Crippen LogP contribution is -2.49. The number of hydrogen-bond acceptors (Lipinski definition) is 7. The fourth-order valence-electron chi connectivity index (χ4n) is 3.31. The van der Waals surface area contributed by atoms with Gasteiger partial charge in [0, 0.05) is 26.2 Å². The van der Waals surface area contributed by atoms with Crippen molar-refractivity contribution < 1.29 is 18.4 Å². The Bertz CT molecular complexity index is 1140. The van der Waals surface area contributed by atoms with E-state index in [0.717, 1.165) is 10.8 Å². The van der Waals surface area contributed by atoms with E-state index in [9.17, 15) is 13.2 Å². The molecule has 9 nitrogen and oxygen atoms in total. The molecule has 1 aliphatic heterocycles. The van der Waals surface area contributed by atoms with Gasteiger partial charge in [0.1, 0.15) is 0 Å². The van der Waals surface area contributed by atoms with Gasteiger partial charge in [0.25, 0.3) is 5.91 Å². The van der Waals surface area contributed by atoms with Gasteiger partial charge < -0.3 is 4.90 Å². The van der Waals surface area contributed by atoms with Crippen LogP contribution >= 0.6 is 0 Å². The van der Waals surface area contributed by atoms with Gasteiger partial charge in [0.2, 0.25) is 10.0 Å². The summed E-state index contributed by atoms with van der Waals surface area (Å²) in [5.41, 5.74) is 1.50. The lowest BCUT2D eigenvalue weighted by molar-refractivity contribution is 0.0699. The first-order valence-electron chi connectivity index (χ1n) is 9.01. The normalized spacial score (nSPS) is 15.4. The zero-order valence-corrected chi connectivity index (χ0v) is 16.2. The number of benzene rings is 2. The van der Waals surface area contributed by atoms with Gasteiger partial charge in [0.05, 0.1) is 4.90 Å². The third-order valence-electron chi connectivity index (χ3n) is 4.91. The van der Waals surface area contributed by atoms with Crippen LogP contribution in [0.3, 0.4) is 0 Å². The van der Waals surface area contributed by atoms with Crippen LogP contribution in [-0.2, 0) is 10.0 Å². The Hall–Kier alpha value is -3.08. The topological polar surface area (TPSA) is 116 Å². The molecule has 0 unspecified atom stereocenters. The van der Waals surface area contributed by atoms with Gasteiger partial charge in [0.15, 0.2) is 11.5 Å². The number of piperazine rings is 1. The van der Waals surface area contributed by atoms with Crippen LogP contribution in [0, 0.1) is 0 Å². The average Bonchev–Trinajstić information content (AvgIpc) is 2.78. The summed E-state index contributed by atoms with van der Waals surface area (Å²) in [6.45, 7) is 1.53. The lowest BCUT2D eigenvalue weighted by Gasteiger charge is -2.34. The van der Waals surface area contributed by atoms with Crippen molar-refractivity contribution in [3.63, 3.8) is 0 Å². The molecule has 0 aliphatic carbocycles. The minimum atomic E-state index is -3.59. The second-order valence-electron chi connectivity index (χ2n) is 6.62. The lowest BCUT2D eigenvalue weighted by atomic mass is 10.1. The molecule has 0 saturated carbocycles. The minimum absolute atomic E-state index is 0.00577. The van der Waals surface area contributed by atoms with Crippen LogP contribution in [-0.4, -0.2) is 60.2 Å². The fourth-order valence-corrected chi connectivity index (χ4v) is 4.76. The van der Waals surface area contributed by atoms with Crippen LogP contribution in [0.5, 0.6) is 0 Å². The summed E-state index contributed by atoms with van der Waals surface area (Å²) in [6.07, 6.45) is 0. The first-order chi connectivity index (χ1) is 14.0. The maximum Gasteiger partial charge on any atom is 0.295 e. The Kier molecular flexibility index (Phi) is 5.14. The molecule has 2 aromatic carbocycles. The number of sulfonamides is 1. The highest BCUT2D eigenvalue weighted by atomic mass is 32.2. The van der Waals surface area contributed by atoms with Gasteiger partial charge in [-0.3, -0.25) is 10.0 Å². The number of amides is 1. The van der Waals surface area contributed by atoms with E-state index in [1.807, 2.05) is 35.2 Å². The quantitative estimate of drug-likeness (QED) is 0.489. The number of carbonyl (C=O) groups excluding carboxylic acids is 1. The highest BCUT2D eigenvalue weighted by molar-refractivity contribution is 7.89. The standard InChI is InChI=1S/C19H19N5O4S/c25-19(22-26)17-7-8-18(21-20-17)23-9-11-24(12-10-23)29(27,28)16-6-5-14-3-1-2-4-15(14)13-16/h1-8,13,26H,9-12H2,(H,22,25). The molecule has 1 aliphatic rings. The van der Waals surface area contributed by atoms with Crippen LogP contribution in [0.1, 0.15) is 10.5 Å². The number of nitrogens with zero attached hydrogens (tertiary/aromatic N) is 4. The molecule has 4 rings (SSSR count). The number of nitrogens with one attached hydrogen (secondary N) is 1. The Morgan fingerprint density at radius 1 is 0.931 bits per heavy atom. The molecule has 1 amide bonds. The maximum absolute atomic E-state index is 13.0. The zero-order valence-electron chi connectivity index (χ0n) is 15.4. The van der Waals surface area contributed by atoms with Gasteiger partial charge in [-0.05, 0) is 35.0 Å². The van der Waals surface area contributed by atoms with E-state index in [1.165, 1.54) is 15.9 Å². The fraction of sp³-hybridized carbons (Fsp3) is 0.211. The average molecular weight is 413 g/mol. The van der Waals surface area contributed by atoms with E-state index in [0.29, 0.717) is 32.0 Å². The van der Waals surface area contributed by atoms with Crippen molar-refractivity contribution >= 4 is 32.5 Å².